The maximum atomic E-state index is 13.0. The molecule has 0 amide bonds. The van der Waals surface area contributed by atoms with Crippen LogP contribution < -0.4 is 0 Å². The van der Waals surface area contributed by atoms with Crippen LogP contribution in [0.5, 0.6) is 0 Å². The van der Waals surface area contributed by atoms with Crippen molar-refractivity contribution < 1.29 is 4.39 Å². The van der Waals surface area contributed by atoms with E-state index in [4.69, 9.17) is 0 Å². The zero-order valence-corrected chi connectivity index (χ0v) is 15.7. The van der Waals surface area contributed by atoms with Crippen LogP contribution >= 0.6 is 0 Å². The SMILES string of the molecule is CCCCCCCCCCCC1CCC(c2ccc(F)cc2)CC1. The fourth-order valence-electron chi connectivity index (χ4n) is 4.26. The highest BCUT2D eigenvalue weighted by molar-refractivity contribution is 5.20. The molecule has 0 atom stereocenters. The zero-order chi connectivity index (χ0) is 17.0. The fourth-order valence-corrected chi connectivity index (χ4v) is 4.26. The second kappa shape index (κ2) is 11.7. The molecule has 2 rings (SSSR count). The highest BCUT2D eigenvalue weighted by atomic mass is 19.1. The van der Waals surface area contributed by atoms with Gasteiger partial charge < -0.3 is 0 Å². The second-order valence-electron chi connectivity index (χ2n) is 7.89. The van der Waals surface area contributed by atoms with Crippen molar-refractivity contribution in [3.8, 4) is 0 Å². The summed E-state index contributed by atoms with van der Waals surface area (Å²) in [5.74, 6) is 1.51. The van der Waals surface area contributed by atoms with Gasteiger partial charge in [0.05, 0.1) is 0 Å². The lowest BCUT2D eigenvalue weighted by atomic mass is 9.77. The topological polar surface area (TPSA) is 0 Å². The molecule has 0 aliphatic heterocycles. The molecule has 1 fully saturated rings. The van der Waals surface area contributed by atoms with Gasteiger partial charge in [-0.05, 0) is 55.2 Å². The standard InChI is InChI=1S/C23H37F/c1-2-3-4-5-6-7-8-9-10-11-20-12-14-21(15-13-20)22-16-18-23(24)19-17-22/h16-21H,2-15H2,1H3. The minimum Gasteiger partial charge on any atom is -0.207 e. The number of hydrogen-bond donors (Lipinski definition) is 0. The van der Waals surface area contributed by atoms with Crippen LogP contribution in [-0.4, -0.2) is 0 Å². The van der Waals surface area contributed by atoms with Crippen molar-refractivity contribution in [1.82, 2.24) is 0 Å². The molecule has 1 heteroatoms. The third-order valence-electron chi connectivity index (χ3n) is 5.90. The average Bonchev–Trinajstić information content (AvgIpc) is 2.62. The average molecular weight is 333 g/mol. The Kier molecular flexibility index (Phi) is 9.46. The first kappa shape index (κ1) is 19.5. The number of benzene rings is 1. The summed E-state index contributed by atoms with van der Waals surface area (Å²) in [7, 11) is 0. The van der Waals surface area contributed by atoms with Gasteiger partial charge in [-0.2, -0.15) is 0 Å². The van der Waals surface area contributed by atoms with E-state index in [9.17, 15) is 4.39 Å². The maximum Gasteiger partial charge on any atom is 0.123 e. The largest absolute Gasteiger partial charge is 0.207 e. The van der Waals surface area contributed by atoms with Crippen LogP contribution in [0.3, 0.4) is 0 Å². The van der Waals surface area contributed by atoms with E-state index in [0.717, 1.165) is 5.92 Å². The molecule has 0 unspecified atom stereocenters. The molecule has 0 N–H and O–H groups in total. The van der Waals surface area contributed by atoms with Crippen molar-refractivity contribution in [3.05, 3.63) is 35.6 Å². The molecule has 0 aromatic heterocycles. The molecular formula is C23H37F. The van der Waals surface area contributed by atoms with Crippen LogP contribution in [0.2, 0.25) is 0 Å². The van der Waals surface area contributed by atoms with Crippen molar-refractivity contribution in [2.24, 2.45) is 5.92 Å². The highest BCUT2D eigenvalue weighted by Gasteiger charge is 2.21. The molecule has 0 spiro atoms. The van der Waals surface area contributed by atoms with Crippen LogP contribution in [0, 0.1) is 11.7 Å². The van der Waals surface area contributed by atoms with Crippen LogP contribution in [0.15, 0.2) is 24.3 Å². The van der Waals surface area contributed by atoms with E-state index in [2.05, 4.69) is 6.92 Å². The van der Waals surface area contributed by atoms with E-state index in [0.29, 0.717) is 5.92 Å². The van der Waals surface area contributed by atoms with Crippen LogP contribution in [-0.2, 0) is 0 Å². The third-order valence-corrected chi connectivity index (χ3v) is 5.90. The van der Waals surface area contributed by atoms with Gasteiger partial charge in [0.15, 0.2) is 0 Å². The maximum absolute atomic E-state index is 13.0. The van der Waals surface area contributed by atoms with Crippen LogP contribution in [0.25, 0.3) is 0 Å². The monoisotopic (exact) mass is 332 g/mol. The van der Waals surface area contributed by atoms with E-state index < -0.39 is 0 Å². The second-order valence-corrected chi connectivity index (χ2v) is 7.89. The molecule has 24 heavy (non-hydrogen) atoms. The van der Waals surface area contributed by atoms with E-state index >= 15 is 0 Å². The lowest BCUT2D eigenvalue weighted by Crippen LogP contribution is -2.13. The lowest BCUT2D eigenvalue weighted by molar-refractivity contribution is 0.301. The van der Waals surface area contributed by atoms with Crippen molar-refractivity contribution in [1.29, 1.82) is 0 Å². The van der Waals surface area contributed by atoms with Gasteiger partial charge in [-0.3, -0.25) is 0 Å². The Balaban J connectivity index is 1.49. The Morgan fingerprint density at radius 3 is 1.88 bits per heavy atom. The fraction of sp³-hybridized carbons (Fsp3) is 0.739. The number of hydrogen-bond acceptors (Lipinski definition) is 0. The highest BCUT2D eigenvalue weighted by Crippen LogP contribution is 2.37. The molecule has 0 radical (unpaired) electrons. The Labute approximate surface area is 149 Å². The summed E-state index contributed by atoms with van der Waals surface area (Å²) < 4.78 is 13.0. The van der Waals surface area contributed by atoms with E-state index in [1.165, 1.54) is 95.5 Å². The normalized spacial score (nSPS) is 21.1. The van der Waals surface area contributed by atoms with Gasteiger partial charge in [-0.25, -0.2) is 4.39 Å². The first-order chi connectivity index (χ1) is 11.8. The summed E-state index contributed by atoms with van der Waals surface area (Å²) in [6.07, 6.45) is 19.6. The Morgan fingerprint density at radius 2 is 1.29 bits per heavy atom. The smallest absolute Gasteiger partial charge is 0.123 e. The first-order valence-electron chi connectivity index (χ1n) is 10.5. The minimum atomic E-state index is -0.113. The van der Waals surface area contributed by atoms with E-state index in [-0.39, 0.29) is 5.82 Å². The molecule has 1 aliphatic carbocycles. The van der Waals surface area contributed by atoms with Gasteiger partial charge in [0.2, 0.25) is 0 Å². The van der Waals surface area contributed by atoms with Crippen molar-refractivity contribution in [2.75, 3.05) is 0 Å². The predicted octanol–water partition coefficient (Wildman–Crippen LogP) is 8.02. The predicted molar refractivity (Wildman–Crippen MR) is 103 cm³/mol. The number of unbranched alkanes of at least 4 members (excludes halogenated alkanes) is 8. The summed E-state index contributed by atoms with van der Waals surface area (Å²) in [6, 6.07) is 7.20. The molecule has 136 valence electrons. The van der Waals surface area contributed by atoms with Gasteiger partial charge in [0.1, 0.15) is 5.82 Å². The van der Waals surface area contributed by atoms with Gasteiger partial charge in [0.25, 0.3) is 0 Å². The Hall–Kier alpha value is -0.850. The molecule has 1 aromatic carbocycles. The summed E-state index contributed by atoms with van der Waals surface area (Å²) in [4.78, 5) is 0. The molecule has 0 nitrogen and oxygen atoms in total. The molecular weight excluding hydrogens is 295 g/mol. The summed E-state index contributed by atoms with van der Waals surface area (Å²) >= 11 is 0. The zero-order valence-electron chi connectivity index (χ0n) is 15.7. The van der Waals surface area contributed by atoms with Gasteiger partial charge in [0, 0.05) is 0 Å². The lowest BCUT2D eigenvalue weighted by Gasteiger charge is -2.28. The van der Waals surface area contributed by atoms with Crippen molar-refractivity contribution >= 4 is 0 Å². The Morgan fingerprint density at radius 1 is 0.750 bits per heavy atom. The molecule has 0 bridgehead atoms. The number of rotatable bonds is 11. The van der Waals surface area contributed by atoms with Crippen LogP contribution in [0.1, 0.15) is 108 Å². The summed E-state index contributed by atoms with van der Waals surface area (Å²) in [5, 5.41) is 0. The van der Waals surface area contributed by atoms with Gasteiger partial charge in [-0.15, -0.1) is 0 Å². The third kappa shape index (κ3) is 7.36. The quantitative estimate of drug-likeness (QED) is 0.360. The summed E-state index contributed by atoms with van der Waals surface area (Å²) in [5.41, 5.74) is 1.35. The van der Waals surface area contributed by atoms with E-state index in [1.54, 1.807) is 12.1 Å². The van der Waals surface area contributed by atoms with E-state index in [1.807, 2.05) is 12.1 Å². The number of halogens is 1. The van der Waals surface area contributed by atoms with Crippen molar-refractivity contribution in [3.63, 3.8) is 0 Å². The molecule has 0 saturated heterocycles. The van der Waals surface area contributed by atoms with Gasteiger partial charge >= 0.3 is 0 Å². The molecule has 1 saturated carbocycles. The summed E-state index contributed by atoms with van der Waals surface area (Å²) in [6.45, 7) is 2.28. The molecule has 0 heterocycles. The Bertz CT molecular complexity index is 414. The minimum absolute atomic E-state index is 0.113. The van der Waals surface area contributed by atoms with Gasteiger partial charge in [-0.1, -0.05) is 83.3 Å². The first-order valence-corrected chi connectivity index (χ1v) is 10.5. The molecule has 1 aromatic rings. The van der Waals surface area contributed by atoms with Crippen molar-refractivity contribution in [2.45, 2.75) is 103 Å². The molecule has 1 aliphatic rings. The van der Waals surface area contributed by atoms with Crippen LogP contribution in [0.4, 0.5) is 4.39 Å².